The monoisotopic (exact) mass is 311 g/mol. The van der Waals surface area contributed by atoms with E-state index in [0.717, 1.165) is 11.0 Å². The fraction of sp³-hybridized carbons (Fsp3) is 0.0714. The smallest absolute Gasteiger partial charge is 0.336 e. The molecule has 0 fully saturated rings. The number of benzene rings is 2. The van der Waals surface area contributed by atoms with Crippen molar-refractivity contribution in [1.29, 1.82) is 0 Å². The van der Waals surface area contributed by atoms with Crippen molar-refractivity contribution in [2.24, 2.45) is 7.05 Å². The molecule has 3 aromatic rings. The molecule has 0 bridgehead atoms. The number of para-hydroxylation sites is 2. The minimum absolute atomic E-state index is 0. The summed E-state index contributed by atoms with van der Waals surface area (Å²) in [6, 6.07) is 16.1. The van der Waals surface area contributed by atoms with Crippen molar-refractivity contribution in [2.75, 3.05) is 0 Å². The molecule has 1 unspecified atom stereocenters. The molecule has 0 aliphatic heterocycles. The first-order valence-electron chi connectivity index (χ1n) is 5.91. The second-order valence-corrected chi connectivity index (χ2v) is 6.44. The van der Waals surface area contributed by atoms with Gasteiger partial charge in [-0.2, -0.15) is 0 Å². The van der Waals surface area contributed by atoms with Gasteiger partial charge in [-0.1, -0.05) is 30.3 Å². The van der Waals surface area contributed by atoms with Gasteiger partial charge in [-0.15, -0.1) is 0 Å². The molecule has 1 aromatic heterocycles. The predicted molar refractivity (Wildman–Crippen MR) is 76.2 cm³/mol. The van der Waals surface area contributed by atoms with Crippen LogP contribution in [0.25, 0.3) is 11.0 Å². The summed E-state index contributed by atoms with van der Waals surface area (Å²) in [4.78, 5) is 14.7. The van der Waals surface area contributed by atoms with Crippen molar-refractivity contribution in [2.45, 2.75) is 0 Å². The SMILES string of the molecule is Cn1c(P(=O)(O)c2ccccc2)nc2ccccc21.[K+]. The molecule has 0 saturated heterocycles. The van der Waals surface area contributed by atoms with Crippen LogP contribution in [0.3, 0.4) is 0 Å². The van der Waals surface area contributed by atoms with Crippen LogP contribution in [0.1, 0.15) is 0 Å². The molecule has 1 heterocycles. The maximum absolute atomic E-state index is 12.7. The van der Waals surface area contributed by atoms with E-state index in [1.165, 1.54) is 0 Å². The number of hydrogen-bond donors (Lipinski definition) is 1. The zero-order valence-corrected chi connectivity index (χ0v) is 15.4. The number of nitrogens with zero attached hydrogens (tertiary/aromatic N) is 2. The Morgan fingerprint density at radius 2 is 1.65 bits per heavy atom. The molecule has 2 aromatic carbocycles. The van der Waals surface area contributed by atoms with E-state index >= 15 is 0 Å². The van der Waals surface area contributed by atoms with Crippen molar-refractivity contribution in [3.8, 4) is 0 Å². The molecule has 4 nitrogen and oxygen atoms in total. The fourth-order valence-electron chi connectivity index (χ4n) is 2.15. The molecule has 0 radical (unpaired) electrons. The molecule has 0 aliphatic carbocycles. The van der Waals surface area contributed by atoms with Crippen molar-refractivity contribution in [3.05, 3.63) is 54.6 Å². The van der Waals surface area contributed by atoms with Crippen LogP contribution in [-0.4, -0.2) is 14.4 Å². The minimum Gasteiger partial charge on any atom is -0.336 e. The summed E-state index contributed by atoms with van der Waals surface area (Å²) in [5.41, 5.74) is 1.79. The predicted octanol–water partition coefficient (Wildman–Crippen LogP) is -1.20. The third-order valence-electron chi connectivity index (χ3n) is 3.14. The second-order valence-electron chi connectivity index (χ2n) is 4.37. The van der Waals surface area contributed by atoms with Gasteiger partial charge in [0.2, 0.25) is 5.57 Å². The van der Waals surface area contributed by atoms with E-state index in [-0.39, 0.29) is 57.0 Å². The Morgan fingerprint density at radius 1 is 1.05 bits per heavy atom. The van der Waals surface area contributed by atoms with E-state index in [1.54, 1.807) is 35.9 Å². The van der Waals surface area contributed by atoms with Crippen LogP contribution < -0.4 is 62.3 Å². The largest absolute Gasteiger partial charge is 1.00 e. The Labute approximate surface area is 159 Å². The summed E-state index contributed by atoms with van der Waals surface area (Å²) in [5, 5.41) is 0.397. The average Bonchev–Trinajstić information content (AvgIpc) is 2.78. The third-order valence-corrected chi connectivity index (χ3v) is 5.08. The third kappa shape index (κ3) is 2.72. The molecule has 96 valence electrons. The van der Waals surface area contributed by atoms with Crippen molar-refractivity contribution < 1.29 is 60.8 Å². The van der Waals surface area contributed by atoms with Gasteiger partial charge in [-0.3, -0.25) is 4.57 Å². The molecule has 0 saturated carbocycles. The summed E-state index contributed by atoms with van der Waals surface area (Å²) in [5.74, 6) is 0. The molecule has 1 atom stereocenters. The minimum atomic E-state index is -3.66. The van der Waals surface area contributed by atoms with E-state index in [2.05, 4.69) is 4.98 Å². The van der Waals surface area contributed by atoms with Gasteiger partial charge < -0.3 is 9.46 Å². The Bertz CT molecular complexity index is 786. The summed E-state index contributed by atoms with van der Waals surface area (Å²) in [6.45, 7) is 0. The summed E-state index contributed by atoms with van der Waals surface area (Å²) in [7, 11) is -1.90. The maximum Gasteiger partial charge on any atom is 1.00 e. The van der Waals surface area contributed by atoms with Crippen LogP contribution in [0.4, 0.5) is 0 Å². The fourth-order valence-corrected chi connectivity index (χ4v) is 3.71. The van der Waals surface area contributed by atoms with E-state index in [1.807, 2.05) is 30.3 Å². The van der Waals surface area contributed by atoms with Gasteiger partial charge in [0.25, 0.3) is 7.37 Å². The number of rotatable bonds is 2. The van der Waals surface area contributed by atoms with E-state index < -0.39 is 7.37 Å². The van der Waals surface area contributed by atoms with Crippen LogP contribution in [0.2, 0.25) is 0 Å². The molecular formula is C14H13KN2O2P+. The molecule has 20 heavy (non-hydrogen) atoms. The first kappa shape index (κ1) is 16.1. The molecule has 3 rings (SSSR count). The molecule has 0 aliphatic rings. The summed E-state index contributed by atoms with van der Waals surface area (Å²) in [6.07, 6.45) is 0. The topological polar surface area (TPSA) is 55.1 Å². The molecule has 6 heteroatoms. The summed E-state index contributed by atoms with van der Waals surface area (Å²) >= 11 is 0. The zero-order valence-electron chi connectivity index (χ0n) is 11.4. The van der Waals surface area contributed by atoms with E-state index in [9.17, 15) is 9.46 Å². The van der Waals surface area contributed by atoms with Gasteiger partial charge in [0.05, 0.1) is 11.0 Å². The first-order chi connectivity index (χ1) is 9.10. The van der Waals surface area contributed by atoms with Crippen LogP contribution >= 0.6 is 7.37 Å². The molecule has 1 N–H and O–H groups in total. The van der Waals surface area contributed by atoms with Gasteiger partial charge in [0, 0.05) is 12.4 Å². The van der Waals surface area contributed by atoms with Gasteiger partial charge in [-0.25, -0.2) is 4.98 Å². The average molecular weight is 311 g/mol. The van der Waals surface area contributed by atoms with Crippen molar-refractivity contribution >= 4 is 29.3 Å². The Kier molecular flexibility index (Phi) is 5.03. The number of aryl methyl sites for hydroxylation is 1. The quantitative estimate of drug-likeness (QED) is 0.478. The number of imidazole rings is 1. The van der Waals surface area contributed by atoms with Crippen molar-refractivity contribution in [1.82, 2.24) is 9.55 Å². The Balaban J connectivity index is 0.00000147. The van der Waals surface area contributed by atoms with Crippen LogP contribution in [0, 0.1) is 0 Å². The van der Waals surface area contributed by atoms with Gasteiger partial charge in [0.15, 0.2) is 0 Å². The molecular weight excluding hydrogens is 298 g/mol. The van der Waals surface area contributed by atoms with Crippen LogP contribution in [-0.2, 0) is 11.6 Å². The van der Waals surface area contributed by atoms with Crippen LogP contribution in [0.15, 0.2) is 54.6 Å². The van der Waals surface area contributed by atoms with Crippen LogP contribution in [0.5, 0.6) is 0 Å². The molecule has 0 spiro atoms. The number of aromatic nitrogens is 2. The normalized spacial score (nSPS) is 13.7. The number of fused-ring (bicyclic) bond motifs is 1. The number of hydrogen-bond acceptors (Lipinski definition) is 2. The summed E-state index contributed by atoms with van der Waals surface area (Å²) < 4.78 is 14.4. The Hall–Kier alpha value is -0.264. The van der Waals surface area contributed by atoms with Gasteiger partial charge in [0.1, 0.15) is 0 Å². The van der Waals surface area contributed by atoms with Crippen molar-refractivity contribution in [3.63, 3.8) is 0 Å². The maximum atomic E-state index is 12.7. The standard InChI is InChI=1S/C14H13N2O2P.K/c1-16-13-10-6-5-9-12(13)15-14(16)19(17,18)11-7-3-2-4-8-11;/h2-10H,1H3,(H,17,18);/q;+1. The zero-order chi connectivity index (χ0) is 13.5. The van der Waals surface area contributed by atoms with E-state index in [0.29, 0.717) is 5.30 Å². The van der Waals surface area contributed by atoms with Gasteiger partial charge >= 0.3 is 51.4 Å². The molecule has 0 amide bonds. The first-order valence-corrected chi connectivity index (χ1v) is 7.57. The van der Waals surface area contributed by atoms with Gasteiger partial charge in [-0.05, 0) is 24.3 Å². The van der Waals surface area contributed by atoms with E-state index in [4.69, 9.17) is 0 Å². The second kappa shape index (κ2) is 6.24. The Morgan fingerprint density at radius 3 is 2.30 bits per heavy atom.